The Morgan fingerprint density at radius 2 is 1.93 bits per heavy atom. The summed E-state index contributed by atoms with van der Waals surface area (Å²) in [6.45, 7) is 1.62. The molecule has 1 saturated heterocycles. The van der Waals surface area contributed by atoms with E-state index in [0.717, 1.165) is 0 Å². The molecule has 1 aromatic carbocycles. The third-order valence-electron chi connectivity index (χ3n) is 8.32. The summed E-state index contributed by atoms with van der Waals surface area (Å²) in [5.41, 5.74) is 0.210. The number of hydrogen-bond donors (Lipinski definition) is 6. The second kappa shape index (κ2) is 10.2. The summed E-state index contributed by atoms with van der Waals surface area (Å²) in [7, 11) is 2.88. The second-order valence-corrected chi connectivity index (χ2v) is 10.8. The van der Waals surface area contributed by atoms with Crippen molar-refractivity contribution >= 4 is 23.4 Å². The number of aliphatic hydroxyl groups excluding tert-OH is 3. The molecule has 1 aromatic rings. The van der Waals surface area contributed by atoms with Gasteiger partial charge in [0.2, 0.25) is 5.78 Å². The number of rotatable bonds is 6. The Bertz CT molecular complexity index is 1400. The zero-order chi connectivity index (χ0) is 30.0. The Morgan fingerprint density at radius 1 is 1.22 bits per heavy atom. The number of esters is 1. The third-order valence-corrected chi connectivity index (χ3v) is 8.32. The van der Waals surface area contributed by atoms with Crippen LogP contribution in [-0.2, 0) is 23.9 Å². The molecule has 7 N–H and O–H groups in total. The minimum Gasteiger partial charge on any atom is -0.510 e. The SMILES string of the molecule is CN(C)[C@H]1C(O)=C(C(N)=O)C(=O)[C@@]2(O)C(O)=C3C(=O)c4c(O)cccc4[C@H](O)[C@H]3[C@@H](OC(=O)CCN3CCOC3)[C@H]12. The van der Waals surface area contributed by atoms with Gasteiger partial charge in [0.1, 0.15) is 28.9 Å². The number of nitrogens with two attached hydrogens (primary N) is 1. The molecular formula is C27H31N3O11. The lowest BCUT2D eigenvalue weighted by molar-refractivity contribution is -0.185. The number of fused-ring (bicyclic) bond motifs is 3. The molecule has 1 aliphatic heterocycles. The van der Waals surface area contributed by atoms with Crippen molar-refractivity contribution in [1.29, 1.82) is 0 Å². The largest absolute Gasteiger partial charge is 0.510 e. The Kier molecular flexibility index (Phi) is 7.16. The van der Waals surface area contributed by atoms with Crippen molar-refractivity contribution in [2.24, 2.45) is 17.6 Å². The van der Waals surface area contributed by atoms with Crippen molar-refractivity contribution in [2.75, 3.05) is 40.5 Å². The van der Waals surface area contributed by atoms with E-state index in [2.05, 4.69) is 0 Å². The van der Waals surface area contributed by atoms with Gasteiger partial charge in [-0.2, -0.15) is 0 Å². The maximum Gasteiger partial charge on any atom is 0.307 e. The van der Waals surface area contributed by atoms with Crippen LogP contribution in [0.15, 0.2) is 40.9 Å². The van der Waals surface area contributed by atoms with Crippen molar-refractivity contribution in [3.05, 3.63) is 52.0 Å². The molecule has 1 amide bonds. The Morgan fingerprint density at radius 3 is 2.54 bits per heavy atom. The Balaban J connectivity index is 1.71. The van der Waals surface area contributed by atoms with Crippen LogP contribution in [0.25, 0.3) is 0 Å². The monoisotopic (exact) mass is 573 g/mol. The summed E-state index contributed by atoms with van der Waals surface area (Å²) < 4.78 is 11.1. The molecule has 1 fully saturated rings. The number of primary amides is 1. The number of phenolic OH excluding ortho intramolecular Hbond substituents is 1. The van der Waals surface area contributed by atoms with Gasteiger partial charge in [0.25, 0.3) is 5.91 Å². The molecule has 14 nitrogen and oxygen atoms in total. The summed E-state index contributed by atoms with van der Waals surface area (Å²) in [6, 6.07) is 2.50. The molecule has 14 heteroatoms. The van der Waals surface area contributed by atoms with Crippen LogP contribution >= 0.6 is 0 Å². The first-order valence-corrected chi connectivity index (χ1v) is 13.0. The van der Waals surface area contributed by atoms with Gasteiger partial charge < -0.3 is 40.7 Å². The molecule has 6 atom stereocenters. The fourth-order valence-corrected chi connectivity index (χ4v) is 6.45. The molecule has 41 heavy (non-hydrogen) atoms. The number of Topliss-reactive ketones (excluding diaryl/α,β-unsaturated/α-hetero) is 2. The van der Waals surface area contributed by atoms with E-state index in [1.165, 1.54) is 37.2 Å². The van der Waals surface area contributed by atoms with Crippen LogP contribution in [0.1, 0.15) is 28.4 Å². The number of aromatic hydroxyl groups is 1. The van der Waals surface area contributed by atoms with E-state index < -0.39 is 87.5 Å². The molecule has 0 unspecified atom stereocenters. The third kappa shape index (κ3) is 4.21. The maximum absolute atomic E-state index is 13.7. The molecule has 0 aromatic heterocycles. The molecule has 4 aliphatic rings. The van der Waals surface area contributed by atoms with Gasteiger partial charge in [0.05, 0.1) is 54.9 Å². The van der Waals surface area contributed by atoms with Crippen LogP contribution in [0.4, 0.5) is 0 Å². The highest BCUT2D eigenvalue weighted by atomic mass is 16.5. The van der Waals surface area contributed by atoms with Gasteiger partial charge in [0.15, 0.2) is 11.4 Å². The minimum atomic E-state index is -3.08. The number of phenols is 1. The predicted molar refractivity (Wildman–Crippen MR) is 137 cm³/mol. The number of benzene rings is 1. The van der Waals surface area contributed by atoms with E-state index in [1.54, 1.807) is 0 Å². The molecule has 0 saturated carbocycles. The van der Waals surface area contributed by atoms with Crippen molar-refractivity contribution in [3.8, 4) is 5.75 Å². The minimum absolute atomic E-state index is 0.0293. The quantitative estimate of drug-likeness (QED) is 0.174. The lowest BCUT2D eigenvalue weighted by Gasteiger charge is -2.53. The number of ether oxygens (including phenoxy) is 2. The van der Waals surface area contributed by atoms with Crippen LogP contribution < -0.4 is 5.73 Å². The van der Waals surface area contributed by atoms with Crippen molar-refractivity contribution in [3.63, 3.8) is 0 Å². The zero-order valence-electron chi connectivity index (χ0n) is 22.3. The fraction of sp³-hybridized carbons (Fsp3) is 0.481. The van der Waals surface area contributed by atoms with E-state index in [4.69, 9.17) is 15.2 Å². The highest BCUT2D eigenvalue weighted by Gasteiger charge is 2.69. The Hall–Kier alpha value is -3.82. The van der Waals surface area contributed by atoms with Crippen molar-refractivity contribution < 1.29 is 54.2 Å². The molecule has 5 rings (SSSR count). The summed E-state index contributed by atoms with van der Waals surface area (Å²) in [5.74, 6) is -10.5. The lowest BCUT2D eigenvalue weighted by Crippen LogP contribution is -2.69. The number of carbonyl (C=O) groups excluding carboxylic acids is 4. The van der Waals surface area contributed by atoms with E-state index in [-0.39, 0.29) is 24.1 Å². The smallest absolute Gasteiger partial charge is 0.307 e. The first-order chi connectivity index (χ1) is 19.3. The normalized spacial score (nSPS) is 31.7. The van der Waals surface area contributed by atoms with Crippen LogP contribution in [-0.4, -0.2) is 117 Å². The molecular weight excluding hydrogens is 542 g/mol. The maximum atomic E-state index is 13.7. The first-order valence-electron chi connectivity index (χ1n) is 13.0. The molecule has 0 radical (unpaired) electrons. The summed E-state index contributed by atoms with van der Waals surface area (Å²) in [5, 5.41) is 56.5. The lowest BCUT2D eigenvalue weighted by atomic mass is 9.56. The van der Waals surface area contributed by atoms with Gasteiger partial charge >= 0.3 is 5.97 Å². The topological polar surface area (TPSA) is 220 Å². The predicted octanol–water partition coefficient (Wildman–Crippen LogP) is -1.19. The van der Waals surface area contributed by atoms with Gasteiger partial charge in [-0.05, 0) is 25.7 Å². The Labute approximate surface area is 233 Å². The zero-order valence-corrected chi connectivity index (χ0v) is 22.3. The van der Waals surface area contributed by atoms with E-state index in [0.29, 0.717) is 19.9 Å². The van der Waals surface area contributed by atoms with E-state index >= 15 is 0 Å². The number of ketones is 2. The number of aliphatic hydroxyl groups is 4. The summed E-state index contributed by atoms with van der Waals surface area (Å²) >= 11 is 0. The van der Waals surface area contributed by atoms with Crippen LogP contribution in [0.5, 0.6) is 5.75 Å². The van der Waals surface area contributed by atoms with Gasteiger partial charge in [-0.25, -0.2) is 0 Å². The molecule has 220 valence electrons. The van der Waals surface area contributed by atoms with Crippen molar-refractivity contribution in [1.82, 2.24) is 9.80 Å². The standard InChI is InChI=1S/C27H31N3O11/c1-29(2)19-18-23(41-13(32)6-7-30-8-9-40-10-30)15-16(21(34)14-11(20(15)33)4-3-5-12(14)31)24(36)27(18,39)25(37)17(22(19)35)26(28)38/h3-5,15,18-20,23,31,33,35-36,39H,6-10H2,1-2H3,(H2,28,38)/t15-,18-,19+,20-,23+,27-/m0/s1. The fourth-order valence-electron chi connectivity index (χ4n) is 6.45. The number of amides is 1. The number of nitrogens with zero attached hydrogens (tertiary/aromatic N) is 2. The van der Waals surface area contributed by atoms with E-state index in [9.17, 15) is 44.7 Å². The van der Waals surface area contributed by atoms with Gasteiger partial charge in [0, 0.05) is 13.1 Å². The highest BCUT2D eigenvalue weighted by molar-refractivity contribution is 6.25. The molecule has 1 heterocycles. The number of likely N-dealkylation sites (N-methyl/N-ethyl adjacent to an activating group) is 1. The first kappa shape index (κ1) is 28.7. The van der Waals surface area contributed by atoms with Gasteiger partial charge in [-0.1, -0.05) is 12.1 Å². The average Bonchev–Trinajstić information content (AvgIpc) is 3.42. The number of hydrogen-bond acceptors (Lipinski definition) is 13. The molecule has 3 aliphatic carbocycles. The number of carbonyl (C=O) groups is 4. The highest BCUT2D eigenvalue weighted by Crippen LogP contribution is 2.55. The average molecular weight is 574 g/mol. The van der Waals surface area contributed by atoms with E-state index in [1.807, 2.05) is 4.90 Å². The van der Waals surface area contributed by atoms with Crippen LogP contribution in [0.3, 0.4) is 0 Å². The molecule has 0 bridgehead atoms. The summed E-state index contributed by atoms with van der Waals surface area (Å²) in [4.78, 5) is 56.0. The van der Waals surface area contributed by atoms with Gasteiger partial charge in [-0.3, -0.25) is 29.0 Å². The van der Waals surface area contributed by atoms with Crippen LogP contribution in [0, 0.1) is 11.8 Å². The van der Waals surface area contributed by atoms with Crippen LogP contribution in [0.2, 0.25) is 0 Å². The molecule has 0 spiro atoms. The van der Waals surface area contributed by atoms with Gasteiger partial charge in [-0.15, -0.1) is 0 Å². The second-order valence-electron chi connectivity index (χ2n) is 10.8. The summed E-state index contributed by atoms with van der Waals surface area (Å²) in [6.07, 6.45) is -3.52. The van der Waals surface area contributed by atoms with Crippen molar-refractivity contribution in [2.45, 2.75) is 30.3 Å².